The molecule has 0 atom stereocenters. The summed E-state index contributed by atoms with van der Waals surface area (Å²) in [7, 11) is -3.91. The maximum Gasteiger partial charge on any atom is 0.329 e. The molecule has 0 bridgehead atoms. The highest BCUT2D eigenvalue weighted by molar-refractivity contribution is 7.91. The quantitative estimate of drug-likeness (QED) is 0.669. The second kappa shape index (κ2) is 7.87. The Labute approximate surface area is 169 Å². The summed E-state index contributed by atoms with van der Waals surface area (Å²) in [6, 6.07) is 11.1. The lowest BCUT2D eigenvalue weighted by molar-refractivity contribution is -0.118. The molecule has 0 unspecified atom stereocenters. The number of aromatic nitrogens is 2. The molecule has 0 fully saturated rings. The first-order chi connectivity index (χ1) is 13.7. The van der Waals surface area contributed by atoms with Gasteiger partial charge in [-0.2, -0.15) is 0 Å². The molecule has 29 heavy (non-hydrogen) atoms. The molecular formula is C21H25N3O4S. The fraction of sp³-hybridized carbons (Fsp3) is 0.333. The Hall–Kier alpha value is -2.87. The number of hydrogen-bond acceptors (Lipinski definition) is 4. The summed E-state index contributed by atoms with van der Waals surface area (Å²) in [5.74, 6) is -0.624. The number of carbonyl (C=O) groups excluding carboxylic acids is 1. The Morgan fingerprint density at radius 3 is 2.07 bits per heavy atom. The molecule has 0 aliphatic rings. The zero-order valence-electron chi connectivity index (χ0n) is 17.0. The summed E-state index contributed by atoms with van der Waals surface area (Å²) in [5.41, 5.74) is 1.08. The molecule has 0 saturated carbocycles. The first-order valence-corrected chi connectivity index (χ1v) is 11.1. The molecule has 1 aromatic heterocycles. The second-order valence-electron chi connectivity index (χ2n) is 7.07. The van der Waals surface area contributed by atoms with Crippen LogP contribution in [0.2, 0.25) is 0 Å². The maximum absolute atomic E-state index is 13.4. The number of hydrogen-bond donors (Lipinski definition) is 1. The molecule has 1 amide bonds. The SMILES string of the molecule is CCn1c(=O)n(CC)c2cc(S(=O)(=O)c3ccccc3)c(NC(=O)C(C)C)cc21. The van der Waals surface area contributed by atoms with E-state index in [2.05, 4.69) is 5.32 Å². The van der Waals surface area contributed by atoms with Gasteiger partial charge in [0.2, 0.25) is 15.7 Å². The molecule has 3 rings (SSSR count). The minimum absolute atomic E-state index is 0.0272. The van der Waals surface area contributed by atoms with E-state index in [4.69, 9.17) is 0 Å². The molecule has 0 aliphatic carbocycles. The lowest BCUT2D eigenvalue weighted by Gasteiger charge is -2.15. The minimum atomic E-state index is -3.91. The number of aryl methyl sites for hydroxylation is 2. The Kier molecular flexibility index (Phi) is 5.66. The Balaban J connectivity index is 2.37. The summed E-state index contributed by atoms with van der Waals surface area (Å²) in [5, 5.41) is 2.73. The third kappa shape index (κ3) is 3.60. The van der Waals surface area contributed by atoms with E-state index in [1.807, 2.05) is 13.8 Å². The molecule has 0 aliphatic heterocycles. The van der Waals surface area contributed by atoms with Gasteiger partial charge in [0, 0.05) is 19.0 Å². The fourth-order valence-electron chi connectivity index (χ4n) is 3.28. The third-order valence-electron chi connectivity index (χ3n) is 4.88. The standard InChI is InChI=1S/C21H25N3O4S/c1-5-23-17-12-16(22-20(25)14(3)4)19(13-18(17)24(6-2)21(23)26)29(27,28)15-10-8-7-9-11-15/h7-14H,5-6H2,1-4H3,(H,22,25). The van der Waals surface area contributed by atoms with E-state index >= 15 is 0 Å². The summed E-state index contributed by atoms with van der Waals surface area (Å²) < 4.78 is 29.8. The summed E-state index contributed by atoms with van der Waals surface area (Å²) in [4.78, 5) is 25.2. The highest BCUT2D eigenvalue weighted by Crippen LogP contribution is 2.32. The highest BCUT2D eigenvalue weighted by atomic mass is 32.2. The van der Waals surface area contributed by atoms with Crippen LogP contribution >= 0.6 is 0 Å². The van der Waals surface area contributed by atoms with Crippen LogP contribution in [0.15, 0.2) is 57.1 Å². The van der Waals surface area contributed by atoms with Crippen molar-refractivity contribution in [2.45, 2.75) is 50.6 Å². The Morgan fingerprint density at radius 2 is 1.55 bits per heavy atom. The molecule has 3 aromatic rings. The van der Waals surface area contributed by atoms with Crippen LogP contribution in [0.25, 0.3) is 11.0 Å². The lowest BCUT2D eigenvalue weighted by Crippen LogP contribution is -2.23. The van der Waals surface area contributed by atoms with Crippen LogP contribution in [0, 0.1) is 5.92 Å². The summed E-state index contributed by atoms with van der Waals surface area (Å²) in [6.45, 7) is 7.99. The number of anilines is 1. The highest BCUT2D eigenvalue weighted by Gasteiger charge is 2.26. The van der Waals surface area contributed by atoms with Crippen molar-refractivity contribution >= 4 is 32.5 Å². The van der Waals surface area contributed by atoms with Crippen molar-refractivity contribution in [3.8, 4) is 0 Å². The largest absolute Gasteiger partial charge is 0.329 e. The van der Waals surface area contributed by atoms with Gasteiger partial charge in [-0.15, -0.1) is 0 Å². The molecule has 154 valence electrons. The van der Waals surface area contributed by atoms with Crippen molar-refractivity contribution in [1.82, 2.24) is 9.13 Å². The van der Waals surface area contributed by atoms with Crippen LogP contribution in [-0.4, -0.2) is 23.5 Å². The van der Waals surface area contributed by atoms with Gasteiger partial charge in [-0.25, -0.2) is 13.2 Å². The molecule has 7 nitrogen and oxygen atoms in total. The molecule has 1 N–H and O–H groups in total. The zero-order chi connectivity index (χ0) is 21.3. The summed E-state index contributed by atoms with van der Waals surface area (Å²) in [6.07, 6.45) is 0. The Morgan fingerprint density at radius 1 is 1.00 bits per heavy atom. The maximum atomic E-state index is 13.4. The van der Waals surface area contributed by atoms with E-state index in [1.54, 1.807) is 42.7 Å². The van der Waals surface area contributed by atoms with E-state index in [0.29, 0.717) is 24.1 Å². The van der Waals surface area contributed by atoms with Crippen LogP contribution in [-0.2, 0) is 27.7 Å². The molecule has 0 saturated heterocycles. The van der Waals surface area contributed by atoms with Gasteiger partial charge in [0.1, 0.15) is 0 Å². The van der Waals surface area contributed by atoms with Crippen molar-refractivity contribution in [3.63, 3.8) is 0 Å². The molecular weight excluding hydrogens is 390 g/mol. The normalized spacial score (nSPS) is 11.9. The smallest absolute Gasteiger partial charge is 0.325 e. The van der Waals surface area contributed by atoms with Crippen LogP contribution in [0.3, 0.4) is 0 Å². The second-order valence-corrected chi connectivity index (χ2v) is 8.99. The number of nitrogens with one attached hydrogen (secondary N) is 1. The van der Waals surface area contributed by atoms with E-state index in [1.165, 1.54) is 22.8 Å². The number of amides is 1. The van der Waals surface area contributed by atoms with Crippen molar-refractivity contribution < 1.29 is 13.2 Å². The van der Waals surface area contributed by atoms with Crippen LogP contribution < -0.4 is 11.0 Å². The molecule has 2 aromatic carbocycles. The van der Waals surface area contributed by atoms with Gasteiger partial charge in [-0.05, 0) is 38.1 Å². The zero-order valence-corrected chi connectivity index (χ0v) is 17.8. The lowest BCUT2D eigenvalue weighted by atomic mass is 10.2. The number of rotatable bonds is 6. The van der Waals surface area contributed by atoms with Gasteiger partial charge in [-0.1, -0.05) is 32.0 Å². The third-order valence-corrected chi connectivity index (χ3v) is 6.69. The number of sulfone groups is 1. The number of benzene rings is 2. The van der Waals surface area contributed by atoms with Crippen molar-refractivity contribution in [2.75, 3.05) is 5.32 Å². The minimum Gasteiger partial charge on any atom is -0.325 e. The number of nitrogens with zero attached hydrogens (tertiary/aromatic N) is 2. The van der Waals surface area contributed by atoms with Gasteiger partial charge in [0.05, 0.1) is 26.5 Å². The first kappa shape index (κ1) is 20.9. The monoisotopic (exact) mass is 415 g/mol. The number of fused-ring (bicyclic) bond motifs is 1. The van der Waals surface area contributed by atoms with Gasteiger partial charge in [0.15, 0.2) is 0 Å². The van der Waals surface area contributed by atoms with Crippen molar-refractivity contribution in [1.29, 1.82) is 0 Å². The first-order valence-electron chi connectivity index (χ1n) is 9.60. The topological polar surface area (TPSA) is 90.2 Å². The molecule has 8 heteroatoms. The predicted octanol–water partition coefficient (Wildman–Crippen LogP) is 3.27. The average molecular weight is 416 g/mol. The van der Waals surface area contributed by atoms with Gasteiger partial charge < -0.3 is 5.32 Å². The molecule has 1 heterocycles. The molecule has 0 spiro atoms. The van der Waals surface area contributed by atoms with Crippen LogP contribution in [0.1, 0.15) is 27.7 Å². The number of carbonyl (C=O) groups is 1. The fourth-order valence-corrected chi connectivity index (χ4v) is 4.71. The van der Waals surface area contributed by atoms with Crippen molar-refractivity contribution in [2.24, 2.45) is 5.92 Å². The summed E-state index contributed by atoms with van der Waals surface area (Å²) >= 11 is 0. The van der Waals surface area contributed by atoms with Crippen LogP contribution in [0.5, 0.6) is 0 Å². The van der Waals surface area contributed by atoms with E-state index < -0.39 is 9.84 Å². The van der Waals surface area contributed by atoms with Crippen molar-refractivity contribution in [3.05, 3.63) is 52.9 Å². The molecule has 0 radical (unpaired) electrons. The van der Waals surface area contributed by atoms with Gasteiger partial charge in [0.25, 0.3) is 0 Å². The number of imidazole rings is 1. The van der Waals surface area contributed by atoms with Gasteiger partial charge in [-0.3, -0.25) is 13.9 Å². The van der Waals surface area contributed by atoms with E-state index in [-0.39, 0.29) is 33.0 Å². The average Bonchev–Trinajstić information content (AvgIpc) is 2.97. The van der Waals surface area contributed by atoms with Gasteiger partial charge >= 0.3 is 5.69 Å². The predicted molar refractivity (Wildman–Crippen MR) is 113 cm³/mol. The van der Waals surface area contributed by atoms with E-state index in [0.717, 1.165) is 0 Å². The van der Waals surface area contributed by atoms with Crippen LogP contribution in [0.4, 0.5) is 5.69 Å². The van der Waals surface area contributed by atoms with E-state index in [9.17, 15) is 18.0 Å². The Bertz CT molecular complexity index is 1220.